The largest absolute Gasteiger partial charge is 0.352 e. The van der Waals surface area contributed by atoms with Gasteiger partial charge in [-0.05, 0) is 37.2 Å². The number of hydrogen-bond donors (Lipinski definition) is 2. The first-order chi connectivity index (χ1) is 10.2. The van der Waals surface area contributed by atoms with Gasteiger partial charge in [0.15, 0.2) is 0 Å². The topological polar surface area (TPSA) is 44.4 Å². The average molecular weight is 289 g/mol. The third-order valence-corrected chi connectivity index (χ3v) is 4.03. The number of amides is 1. The summed E-state index contributed by atoms with van der Waals surface area (Å²) in [5.74, 6) is 0.634. The number of hydrogen-bond acceptors (Lipinski definition) is 3. The van der Waals surface area contributed by atoms with E-state index in [9.17, 15) is 4.79 Å². The van der Waals surface area contributed by atoms with Crippen molar-refractivity contribution in [3.8, 4) is 0 Å². The van der Waals surface area contributed by atoms with Gasteiger partial charge < -0.3 is 10.6 Å². The zero-order valence-electron chi connectivity index (χ0n) is 13.2. The van der Waals surface area contributed by atoms with Gasteiger partial charge in [0.2, 0.25) is 0 Å². The molecule has 0 bridgehead atoms. The number of nitrogens with one attached hydrogen (secondary N) is 2. The fraction of sp³-hybridized carbons (Fsp3) is 0.588. The lowest BCUT2D eigenvalue weighted by Gasteiger charge is -2.27. The smallest absolute Gasteiger partial charge is 0.251 e. The Morgan fingerprint density at radius 3 is 2.52 bits per heavy atom. The van der Waals surface area contributed by atoms with Crippen molar-refractivity contribution >= 4 is 5.91 Å². The zero-order valence-corrected chi connectivity index (χ0v) is 13.2. The SMILES string of the molecule is CCCN(CC)Cc1ccc(C(=O)NCC2CNC2)cc1. The van der Waals surface area contributed by atoms with E-state index in [0.29, 0.717) is 5.92 Å². The summed E-state index contributed by atoms with van der Waals surface area (Å²) >= 11 is 0. The Balaban J connectivity index is 1.83. The summed E-state index contributed by atoms with van der Waals surface area (Å²) in [6, 6.07) is 8.00. The molecule has 1 amide bonds. The Morgan fingerprint density at radius 2 is 2.00 bits per heavy atom. The molecule has 0 atom stereocenters. The van der Waals surface area contributed by atoms with Gasteiger partial charge in [0, 0.05) is 37.7 Å². The molecule has 2 N–H and O–H groups in total. The van der Waals surface area contributed by atoms with E-state index in [-0.39, 0.29) is 5.91 Å². The highest BCUT2D eigenvalue weighted by Gasteiger charge is 2.17. The molecule has 21 heavy (non-hydrogen) atoms. The molecule has 4 heteroatoms. The van der Waals surface area contributed by atoms with Gasteiger partial charge in [-0.2, -0.15) is 0 Å². The summed E-state index contributed by atoms with van der Waals surface area (Å²) in [4.78, 5) is 14.5. The Kier molecular flexibility index (Phi) is 6.21. The van der Waals surface area contributed by atoms with Crippen molar-refractivity contribution in [2.45, 2.75) is 26.8 Å². The summed E-state index contributed by atoms with van der Waals surface area (Å²) < 4.78 is 0. The lowest BCUT2D eigenvalue weighted by molar-refractivity contribution is 0.0942. The molecule has 1 aliphatic rings. The Bertz CT molecular complexity index is 440. The molecule has 2 rings (SSSR count). The highest BCUT2D eigenvalue weighted by Crippen LogP contribution is 2.09. The van der Waals surface area contributed by atoms with Crippen molar-refractivity contribution in [3.63, 3.8) is 0 Å². The van der Waals surface area contributed by atoms with Crippen LogP contribution in [0.15, 0.2) is 24.3 Å². The molecule has 1 aromatic rings. The standard InChI is InChI=1S/C17H27N3O/c1-3-9-20(4-2)13-14-5-7-16(8-6-14)17(21)19-12-15-10-18-11-15/h5-8,15,18H,3-4,9-13H2,1-2H3,(H,19,21). The first-order valence-corrected chi connectivity index (χ1v) is 8.03. The monoisotopic (exact) mass is 289 g/mol. The minimum absolute atomic E-state index is 0.0364. The molecule has 0 unspecified atom stereocenters. The number of carbonyl (C=O) groups excluding carboxylic acids is 1. The second kappa shape index (κ2) is 8.15. The molecular formula is C17H27N3O. The molecule has 116 valence electrons. The van der Waals surface area contributed by atoms with Crippen LogP contribution in [0.1, 0.15) is 36.2 Å². The van der Waals surface area contributed by atoms with Gasteiger partial charge in [-0.25, -0.2) is 0 Å². The maximum absolute atomic E-state index is 12.0. The van der Waals surface area contributed by atoms with Crippen LogP contribution in [0.4, 0.5) is 0 Å². The van der Waals surface area contributed by atoms with Crippen LogP contribution in [-0.4, -0.2) is 43.5 Å². The van der Waals surface area contributed by atoms with Gasteiger partial charge in [-0.1, -0.05) is 26.0 Å². The molecule has 0 saturated carbocycles. The number of rotatable bonds is 8. The normalized spacial score (nSPS) is 15.0. The third kappa shape index (κ3) is 4.83. The highest BCUT2D eigenvalue weighted by molar-refractivity contribution is 5.94. The summed E-state index contributed by atoms with van der Waals surface area (Å²) in [7, 11) is 0. The molecule has 1 aliphatic heterocycles. The van der Waals surface area contributed by atoms with Crippen molar-refractivity contribution in [1.29, 1.82) is 0 Å². The van der Waals surface area contributed by atoms with Crippen LogP contribution in [0.5, 0.6) is 0 Å². The van der Waals surface area contributed by atoms with E-state index in [1.807, 2.05) is 12.1 Å². The van der Waals surface area contributed by atoms with E-state index in [2.05, 4.69) is 41.5 Å². The maximum atomic E-state index is 12.0. The van der Waals surface area contributed by atoms with E-state index in [4.69, 9.17) is 0 Å². The van der Waals surface area contributed by atoms with Crippen LogP contribution in [-0.2, 0) is 6.54 Å². The molecule has 4 nitrogen and oxygen atoms in total. The van der Waals surface area contributed by atoms with Gasteiger partial charge in [0.05, 0.1) is 0 Å². The summed E-state index contributed by atoms with van der Waals surface area (Å²) in [5.41, 5.74) is 2.02. The molecule has 1 aromatic carbocycles. The van der Waals surface area contributed by atoms with Crippen molar-refractivity contribution < 1.29 is 4.79 Å². The van der Waals surface area contributed by atoms with Crippen molar-refractivity contribution in [2.24, 2.45) is 5.92 Å². The molecule has 0 aromatic heterocycles. The minimum Gasteiger partial charge on any atom is -0.352 e. The molecule has 1 fully saturated rings. The summed E-state index contributed by atoms with van der Waals surface area (Å²) in [6.07, 6.45) is 1.17. The van der Waals surface area contributed by atoms with Crippen LogP contribution in [0.2, 0.25) is 0 Å². The maximum Gasteiger partial charge on any atom is 0.251 e. The van der Waals surface area contributed by atoms with Crippen LogP contribution in [0.3, 0.4) is 0 Å². The summed E-state index contributed by atoms with van der Waals surface area (Å²) in [5, 5.41) is 6.21. The van der Waals surface area contributed by atoms with E-state index < -0.39 is 0 Å². The second-order valence-electron chi connectivity index (χ2n) is 5.80. The molecule has 1 saturated heterocycles. The number of carbonyl (C=O) groups is 1. The summed E-state index contributed by atoms with van der Waals surface area (Å²) in [6.45, 7) is 10.3. The van der Waals surface area contributed by atoms with E-state index in [1.165, 1.54) is 12.0 Å². The van der Waals surface area contributed by atoms with Gasteiger partial charge in [-0.3, -0.25) is 9.69 Å². The van der Waals surface area contributed by atoms with Gasteiger partial charge >= 0.3 is 0 Å². The molecular weight excluding hydrogens is 262 g/mol. The van der Waals surface area contributed by atoms with Gasteiger partial charge in [0.1, 0.15) is 0 Å². The first-order valence-electron chi connectivity index (χ1n) is 8.03. The zero-order chi connectivity index (χ0) is 15.1. The molecule has 0 spiro atoms. The average Bonchev–Trinajstić information content (AvgIpc) is 2.45. The van der Waals surface area contributed by atoms with Crippen molar-refractivity contribution in [1.82, 2.24) is 15.5 Å². The molecule has 1 heterocycles. The van der Waals surface area contributed by atoms with Gasteiger partial charge in [0.25, 0.3) is 5.91 Å². The van der Waals surface area contributed by atoms with Crippen LogP contribution < -0.4 is 10.6 Å². The first kappa shape index (κ1) is 16.0. The molecule has 0 aliphatic carbocycles. The van der Waals surface area contributed by atoms with Crippen molar-refractivity contribution in [2.75, 3.05) is 32.7 Å². The molecule has 0 radical (unpaired) electrons. The quantitative estimate of drug-likeness (QED) is 0.768. The second-order valence-corrected chi connectivity index (χ2v) is 5.80. The Labute approximate surface area is 127 Å². The Morgan fingerprint density at radius 1 is 1.29 bits per heavy atom. The Hall–Kier alpha value is -1.39. The fourth-order valence-corrected chi connectivity index (χ4v) is 2.52. The number of nitrogens with zero attached hydrogens (tertiary/aromatic N) is 1. The highest BCUT2D eigenvalue weighted by atomic mass is 16.1. The van der Waals surface area contributed by atoms with E-state index >= 15 is 0 Å². The predicted octanol–water partition coefficient (Wildman–Crippen LogP) is 1.87. The fourth-order valence-electron chi connectivity index (χ4n) is 2.52. The lowest BCUT2D eigenvalue weighted by Crippen LogP contribution is -2.48. The van der Waals surface area contributed by atoms with E-state index in [1.54, 1.807) is 0 Å². The minimum atomic E-state index is 0.0364. The third-order valence-electron chi connectivity index (χ3n) is 4.03. The van der Waals surface area contributed by atoms with Gasteiger partial charge in [-0.15, -0.1) is 0 Å². The van der Waals surface area contributed by atoms with Crippen LogP contribution >= 0.6 is 0 Å². The van der Waals surface area contributed by atoms with E-state index in [0.717, 1.165) is 44.8 Å². The van der Waals surface area contributed by atoms with Crippen LogP contribution in [0, 0.1) is 5.92 Å². The van der Waals surface area contributed by atoms with Crippen LogP contribution in [0.25, 0.3) is 0 Å². The number of benzene rings is 1. The van der Waals surface area contributed by atoms with Crippen molar-refractivity contribution in [3.05, 3.63) is 35.4 Å². The predicted molar refractivity (Wildman–Crippen MR) is 86.4 cm³/mol. The lowest BCUT2D eigenvalue weighted by atomic mass is 10.0.